The van der Waals surface area contributed by atoms with Gasteiger partial charge in [0, 0.05) is 36.7 Å². The minimum atomic E-state index is -0.212. The third kappa shape index (κ3) is 3.18. The molecule has 1 aliphatic heterocycles. The summed E-state index contributed by atoms with van der Waals surface area (Å²) in [5.41, 5.74) is 3.79. The Kier molecular flexibility index (Phi) is 4.51. The van der Waals surface area contributed by atoms with E-state index in [9.17, 15) is 4.79 Å². The maximum Gasteiger partial charge on any atom is 0.297 e. The second-order valence-electron chi connectivity index (χ2n) is 7.59. The zero-order valence-corrected chi connectivity index (χ0v) is 17.6. The fourth-order valence-electron chi connectivity index (χ4n) is 4.12. The quantitative estimate of drug-likeness (QED) is 0.653. The van der Waals surface area contributed by atoms with Crippen molar-refractivity contribution in [3.8, 4) is 11.3 Å². The van der Waals surface area contributed by atoms with Crippen LogP contribution in [0.5, 0.6) is 0 Å². The molecule has 2 aliphatic rings. The van der Waals surface area contributed by atoms with Gasteiger partial charge in [-0.15, -0.1) is 11.3 Å². The lowest BCUT2D eigenvalue weighted by Crippen LogP contribution is -2.37. The van der Waals surface area contributed by atoms with E-state index in [-0.39, 0.29) is 17.8 Å². The fourth-order valence-corrected chi connectivity index (χ4v) is 5.20. The van der Waals surface area contributed by atoms with Crippen LogP contribution in [-0.4, -0.2) is 44.9 Å². The number of carbonyl (C=O) groups excluding carboxylic acids is 1. The first kappa shape index (κ1) is 18.5. The fraction of sp³-hybridized carbons (Fsp3) is 0.500. The van der Waals surface area contributed by atoms with Gasteiger partial charge in [0.25, 0.3) is 5.91 Å². The highest BCUT2D eigenvalue weighted by Crippen LogP contribution is 2.39. The smallest absolute Gasteiger partial charge is 0.297 e. The molecule has 5 rings (SSSR count). The van der Waals surface area contributed by atoms with Crippen LogP contribution in [0.15, 0.2) is 10.6 Å². The Hall–Kier alpha value is -2.52. The molecule has 3 aromatic rings. The molecule has 1 fully saturated rings. The van der Waals surface area contributed by atoms with Crippen molar-refractivity contribution in [3.63, 3.8) is 0 Å². The van der Waals surface area contributed by atoms with E-state index in [1.165, 1.54) is 10.6 Å². The number of anilines is 1. The van der Waals surface area contributed by atoms with Crippen LogP contribution in [0.4, 0.5) is 5.13 Å². The summed E-state index contributed by atoms with van der Waals surface area (Å²) in [6, 6.07) is 0. The second kappa shape index (κ2) is 7.07. The number of aromatic nitrogens is 4. The number of thiazole rings is 1. The van der Waals surface area contributed by atoms with Crippen LogP contribution in [0.1, 0.15) is 45.6 Å². The van der Waals surface area contributed by atoms with Gasteiger partial charge in [-0.25, -0.2) is 9.97 Å². The third-order valence-electron chi connectivity index (χ3n) is 5.58. The first-order valence-electron chi connectivity index (χ1n) is 9.89. The van der Waals surface area contributed by atoms with E-state index in [0.717, 1.165) is 43.5 Å². The lowest BCUT2D eigenvalue weighted by atomic mass is 10.0. The molecule has 0 aromatic carbocycles. The van der Waals surface area contributed by atoms with Gasteiger partial charge >= 0.3 is 0 Å². The summed E-state index contributed by atoms with van der Waals surface area (Å²) in [5, 5.41) is 5.07. The minimum Gasteiger partial charge on any atom is -0.436 e. The number of aryl methyl sites for hydroxylation is 4. The Morgan fingerprint density at radius 3 is 2.93 bits per heavy atom. The number of rotatable bonds is 4. The molecule has 0 bridgehead atoms. The monoisotopic (exact) mass is 413 g/mol. The number of oxazole rings is 1. The van der Waals surface area contributed by atoms with E-state index in [0.29, 0.717) is 23.3 Å². The van der Waals surface area contributed by atoms with E-state index in [1.54, 1.807) is 30.1 Å². The maximum atomic E-state index is 13.4. The first-order chi connectivity index (χ1) is 14.0. The molecule has 1 amide bonds. The van der Waals surface area contributed by atoms with Crippen molar-refractivity contribution < 1.29 is 13.9 Å². The highest BCUT2D eigenvalue weighted by Gasteiger charge is 2.32. The van der Waals surface area contributed by atoms with Gasteiger partial charge in [0.1, 0.15) is 0 Å². The van der Waals surface area contributed by atoms with Gasteiger partial charge in [0.05, 0.1) is 30.2 Å². The standard InChI is InChI=1S/C20H23N5O3S/c1-11-18(28-12(2)22-11)19(26)25(10-13-5-4-8-27-13)20-23-17-14-9-21-24(3)15(14)6-7-16(17)29-20/h9,13H,4-8,10H2,1-3H3/t13-/m0/s1. The molecule has 0 radical (unpaired) electrons. The summed E-state index contributed by atoms with van der Waals surface area (Å²) < 4.78 is 13.3. The average molecular weight is 414 g/mol. The van der Waals surface area contributed by atoms with Gasteiger partial charge in [0.15, 0.2) is 11.0 Å². The van der Waals surface area contributed by atoms with Gasteiger partial charge in [-0.3, -0.25) is 14.4 Å². The minimum absolute atomic E-state index is 0.0122. The van der Waals surface area contributed by atoms with Crippen molar-refractivity contribution in [1.82, 2.24) is 19.7 Å². The number of hydrogen-bond acceptors (Lipinski definition) is 7. The van der Waals surface area contributed by atoms with Crippen molar-refractivity contribution in [2.24, 2.45) is 7.05 Å². The van der Waals surface area contributed by atoms with E-state index in [1.807, 2.05) is 17.9 Å². The van der Waals surface area contributed by atoms with Crippen molar-refractivity contribution >= 4 is 22.4 Å². The molecule has 1 atom stereocenters. The van der Waals surface area contributed by atoms with Crippen LogP contribution >= 0.6 is 11.3 Å². The Morgan fingerprint density at radius 2 is 2.21 bits per heavy atom. The van der Waals surface area contributed by atoms with E-state index >= 15 is 0 Å². The normalized spacial score (nSPS) is 18.0. The zero-order valence-electron chi connectivity index (χ0n) is 16.8. The van der Waals surface area contributed by atoms with Crippen LogP contribution < -0.4 is 4.90 Å². The van der Waals surface area contributed by atoms with Crippen LogP contribution in [0.25, 0.3) is 11.3 Å². The molecule has 0 unspecified atom stereocenters. The van der Waals surface area contributed by atoms with E-state index in [4.69, 9.17) is 14.1 Å². The van der Waals surface area contributed by atoms with Crippen LogP contribution in [0.2, 0.25) is 0 Å². The van der Waals surface area contributed by atoms with Crippen molar-refractivity contribution in [2.45, 2.75) is 45.6 Å². The van der Waals surface area contributed by atoms with Crippen LogP contribution in [0.3, 0.4) is 0 Å². The number of carbonyl (C=O) groups is 1. The summed E-state index contributed by atoms with van der Waals surface area (Å²) in [6.07, 6.45) is 5.67. The molecule has 4 heterocycles. The Bertz CT molecular complexity index is 1080. The summed E-state index contributed by atoms with van der Waals surface area (Å²) in [5.74, 6) is 0.549. The first-order valence-corrected chi connectivity index (χ1v) is 10.7. The molecular weight excluding hydrogens is 390 g/mol. The molecule has 8 nitrogen and oxygen atoms in total. The summed E-state index contributed by atoms with van der Waals surface area (Å²) in [7, 11) is 1.96. The zero-order chi connectivity index (χ0) is 20.1. The Labute approximate surface area is 172 Å². The number of nitrogens with zero attached hydrogens (tertiary/aromatic N) is 5. The molecule has 3 aromatic heterocycles. The van der Waals surface area contributed by atoms with Crippen molar-refractivity contribution in [1.29, 1.82) is 0 Å². The van der Waals surface area contributed by atoms with Crippen molar-refractivity contribution in [3.05, 3.63) is 34.1 Å². The van der Waals surface area contributed by atoms with Crippen molar-refractivity contribution in [2.75, 3.05) is 18.1 Å². The van der Waals surface area contributed by atoms with Gasteiger partial charge in [0.2, 0.25) is 5.76 Å². The third-order valence-corrected chi connectivity index (χ3v) is 6.71. The summed E-state index contributed by atoms with van der Waals surface area (Å²) >= 11 is 1.57. The van der Waals surface area contributed by atoms with E-state index < -0.39 is 0 Å². The lowest BCUT2D eigenvalue weighted by molar-refractivity contribution is 0.0893. The number of fused-ring (bicyclic) bond motifs is 3. The number of amides is 1. The molecule has 29 heavy (non-hydrogen) atoms. The molecule has 1 saturated heterocycles. The SMILES string of the molecule is Cc1nc(C)c(C(=O)N(C[C@@H]2CCCO2)c2nc3c(s2)CCc2c-3cnn2C)o1. The Morgan fingerprint density at radius 1 is 1.34 bits per heavy atom. The highest BCUT2D eigenvalue weighted by atomic mass is 32.1. The average Bonchev–Trinajstić information content (AvgIpc) is 3.46. The van der Waals surface area contributed by atoms with Gasteiger partial charge < -0.3 is 9.15 Å². The predicted octanol–water partition coefficient (Wildman–Crippen LogP) is 3.07. The maximum absolute atomic E-state index is 13.4. The van der Waals surface area contributed by atoms with Gasteiger partial charge in [-0.1, -0.05) is 0 Å². The van der Waals surface area contributed by atoms with E-state index in [2.05, 4.69) is 10.1 Å². The largest absolute Gasteiger partial charge is 0.436 e. The molecule has 0 N–H and O–H groups in total. The predicted molar refractivity (Wildman–Crippen MR) is 108 cm³/mol. The number of hydrogen-bond donors (Lipinski definition) is 0. The highest BCUT2D eigenvalue weighted by molar-refractivity contribution is 7.16. The lowest BCUT2D eigenvalue weighted by Gasteiger charge is -2.22. The molecule has 0 saturated carbocycles. The molecule has 0 spiro atoms. The molecule has 9 heteroatoms. The van der Waals surface area contributed by atoms with Crippen LogP contribution in [0, 0.1) is 13.8 Å². The van der Waals surface area contributed by atoms with Gasteiger partial charge in [-0.2, -0.15) is 5.10 Å². The Balaban J connectivity index is 1.54. The molecular formula is C20H23N5O3S. The second-order valence-corrected chi connectivity index (χ2v) is 8.66. The van der Waals surface area contributed by atoms with Gasteiger partial charge in [-0.05, 0) is 32.6 Å². The molecule has 152 valence electrons. The topological polar surface area (TPSA) is 86.3 Å². The van der Waals surface area contributed by atoms with Crippen LogP contribution in [-0.2, 0) is 24.6 Å². The summed E-state index contributed by atoms with van der Waals surface area (Å²) in [4.78, 5) is 25.5. The number of ether oxygens (including phenoxy) is 1. The molecule has 1 aliphatic carbocycles. The summed E-state index contributed by atoms with van der Waals surface area (Å²) in [6.45, 7) is 4.74.